The van der Waals surface area contributed by atoms with E-state index in [9.17, 15) is 4.79 Å². The highest BCUT2D eigenvalue weighted by molar-refractivity contribution is 7.71. The van der Waals surface area contributed by atoms with Crippen molar-refractivity contribution in [2.45, 2.75) is 13.5 Å². The first-order chi connectivity index (χ1) is 11.1. The number of hydrogen-bond acceptors (Lipinski definition) is 5. The summed E-state index contributed by atoms with van der Waals surface area (Å²) in [6, 6.07) is 7.48. The fourth-order valence-electron chi connectivity index (χ4n) is 2.38. The van der Waals surface area contributed by atoms with Gasteiger partial charge in [-0.25, -0.2) is 0 Å². The van der Waals surface area contributed by atoms with Gasteiger partial charge in [-0.15, -0.1) is 11.3 Å². The lowest BCUT2D eigenvalue weighted by Gasteiger charge is -2.12. The minimum Gasteiger partial charge on any atom is -0.493 e. The zero-order chi connectivity index (χ0) is 16.4. The Balaban J connectivity index is 2.04. The fourth-order valence-corrected chi connectivity index (χ4v) is 3.44. The van der Waals surface area contributed by atoms with Crippen molar-refractivity contribution in [2.24, 2.45) is 0 Å². The van der Waals surface area contributed by atoms with Gasteiger partial charge in [-0.3, -0.25) is 9.36 Å². The Morgan fingerprint density at radius 2 is 2.13 bits per heavy atom. The van der Waals surface area contributed by atoms with Crippen LogP contribution in [0, 0.1) is 4.77 Å². The van der Waals surface area contributed by atoms with Gasteiger partial charge >= 0.3 is 0 Å². The number of aromatic nitrogens is 2. The van der Waals surface area contributed by atoms with Gasteiger partial charge in [0.2, 0.25) is 0 Å². The molecule has 7 heteroatoms. The predicted octanol–water partition coefficient (Wildman–Crippen LogP) is 3.58. The third kappa shape index (κ3) is 3.02. The Morgan fingerprint density at radius 1 is 1.30 bits per heavy atom. The molecule has 23 heavy (non-hydrogen) atoms. The average Bonchev–Trinajstić information content (AvgIpc) is 3.00. The molecule has 0 saturated heterocycles. The van der Waals surface area contributed by atoms with Crippen molar-refractivity contribution >= 4 is 33.8 Å². The first-order valence-corrected chi connectivity index (χ1v) is 8.43. The van der Waals surface area contributed by atoms with Crippen LogP contribution >= 0.6 is 23.6 Å². The Kier molecular flexibility index (Phi) is 4.49. The summed E-state index contributed by atoms with van der Waals surface area (Å²) >= 11 is 6.73. The van der Waals surface area contributed by atoms with Crippen molar-refractivity contribution in [3.05, 3.63) is 50.3 Å². The van der Waals surface area contributed by atoms with Crippen LogP contribution in [0.15, 0.2) is 34.4 Å². The molecular formula is C16H16N2O3S2. The van der Waals surface area contributed by atoms with E-state index in [0.717, 1.165) is 11.1 Å². The molecule has 0 aliphatic heterocycles. The second kappa shape index (κ2) is 6.55. The Morgan fingerprint density at radius 3 is 2.87 bits per heavy atom. The van der Waals surface area contributed by atoms with Gasteiger partial charge in [0, 0.05) is 0 Å². The molecule has 2 aromatic heterocycles. The van der Waals surface area contributed by atoms with Crippen molar-refractivity contribution in [1.82, 2.24) is 9.55 Å². The van der Waals surface area contributed by atoms with E-state index < -0.39 is 0 Å². The standard InChI is InChI=1S/C16H16N2O3S2/c1-3-21-13-8-10(4-5-12(13)20-2)9-18-15(19)14-11(6-7-23-14)17-16(18)22/h4-8H,3,9H2,1-2H3,(H,17,22). The van der Waals surface area contributed by atoms with Gasteiger partial charge < -0.3 is 14.5 Å². The minimum absolute atomic E-state index is 0.0764. The first kappa shape index (κ1) is 15.8. The largest absolute Gasteiger partial charge is 0.493 e. The molecule has 3 aromatic rings. The van der Waals surface area contributed by atoms with Gasteiger partial charge in [0.05, 0.1) is 25.8 Å². The van der Waals surface area contributed by atoms with Crippen molar-refractivity contribution in [2.75, 3.05) is 13.7 Å². The van der Waals surface area contributed by atoms with Crippen molar-refractivity contribution in [3.63, 3.8) is 0 Å². The fraction of sp³-hybridized carbons (Fsp3) is 0.250. The van der Waals surface area contributed by atoms with Crippen LogP contribution in [0.2, 0.25) is 0 Å². The molecular weight excluding hydrogens is 332 g/mol. The number of ether oxygens (including phenoxy) is 2. The SMILES string of the molecule is CCOc1cc(Cn2c(=S)[nH]c3ccsc3c2=O)ccc1OC. The number of hydrogen-bond donors (Lipinski definition) is 1. The maximum Gasteiger partial charge on any atom is 0.272 e. The van der Waals surface area contributed by atoms with E-state index in [1.807, 2.05) is 36.6 Å². The van der Waals surface area contributed by atoms with Crippen LogP contribution in [0.3, 0.4) is 0 Å². The summed E-state index contributed by atoms with van der Waals surface area (Å²) in [6.07, 6.45) is 0. The lowest BCUT2D eigenvalue weighted by Crippen LogP contribution is -2.21. The van der Waals surface area contributed by atoms with Crippen molar-refractivity contribution in [3.8, 4) is 11.5 Å². The minimum atomic E-state index is -0.0764. The highest BCUT2D eigenvalue weighted by Gasteiger charge is 2.10. The monoisotopic (exact) mass is 348 g/mol. The maximum atomic E-state index is 12.6. The molecule has 0 fully saturated rings. The molecule has 5 nitrogen and oxygen atoms in total. The number of nitrogens with zero attached hydrogens (tertiary/aromatic N) is 1. The van der Waals surface area contributed by atoms with Gasteiger partial charge in [-0.2, -0.15) is 0 Å². The summed E-state index contributed by atoms with van der Waals surface area (Å²) in [7, 11) is 1.60. The molecule has 0 aliphatic carbocycles. The van der Waals surface area contributed by atoms with Crippen molar-refractivity contribution in [1.29, 1.82) is 0 Å². The van der Waals surface area contributed by atoms with Gasteiger partial charge in [-0.1, -0.05) is 6.07 Å². The summed E-state index contributed by atoms with van der Waals surface area (Å²) in [6.45, 7) is 2.84. The number of nitrogens with one attached hydrogen (secondary N) is 1. The van der Waals surface area contributed by atoms with E-state index in [0.29, 0.717) is 34.1 Å². The topological polar surface area (TPSA) is 56.2 Å². The molecule has 1 N–H and O–H groups in total. The number of H-pyrrole nitrogens is 1. The molecule has 120 valence electrons. The van der Waals surface area contributed by atoms with Crippen LogP contribution in [0.25, 0.3) is 10.2 Å². The Hall–Kier alpha value is -2.12. The number of methoxy groups -OCH3 is 1. The van der Waals surface area contributed by atoms with E-state index in [2.05, 4.69) is 4.98 Å². The zero-order valence-electron chi connectivity index (χ0n) is 12.8. The number of benzene rings is 1. The molecule has 1 aromatic carbocycles. The summed E-state index contributed by atoms with van der Waals surface area (Å²) in [5.41, 5.74) is 1.63. The van der Waals surface area contributed by atoms with E-state index >= 15 is 0 Å². The number of rotatable bonds is 5. The Bertz CT molecular complexity index is 956. The molecule has 0 unspecified atom stereocenters. The maximum absolute atomic E-state index is 12.6. The highest BCUT2D eigenvalue weighted by Crippen LogP contribution is 2.28. The first-order valence-electron chi connectivity index (χ1n) is 7.14. The molecule has 3 rings (SSSR count). The zero-order valence-corrected chi connectivity index (χ0v) is 14.4. The molecule has 0 spiro atoms. The second-order valence-corrected chi connectivity index (χ2v) is 6.21. The van der Waals surface area contributed by atoms with Gasteiger partial charge in [0.15, 0.2) is 16.3 Å². The van der Waals surface area contributed by atoms with Crippen LogP contribution in [0.5, 0.6) is 11.5 Å². The normalized spacial score (nSPS) is 10.9. The molecule has 2 heterocycles. The summed E-state index contributed by atoms with van der Waals surface area (Å²) in [5, 5.41) is 1.88. The molecule has 0 atom stereocenters. The summed E-state index contributed by atoms with van der Waals surface area (Å²) < 4.78 is 13.5. The van der Waals surface area contributed by atoms with Crippen LogP contribution in [0.1, 0.15) is 12.5 Å². The molecule has 0 saturated carbocycles. The Labute approximate surface area is 142 Å². The van der Waals surface area contributed by atoms with Gasteiger partial charge in [-0.05, 0) is 48.3 Å². The van der Waals surface area contributed by atoms with Crippen LogP contribution < -0.4 is 15.0 Å². The second-order valence-electron chi connectivity index (χ2n) is 4.90. The van der Waals surface area contributed by atoms with E-state index in [-0.39, 0.29) is 5.56 Å². The molecule has 0 amide bonds. The number of aromatic amines is 1. The molecule has 0 radical (unpaired) electrons. The van der Waals surface area contributed by atoms with Crippen molar-refractivity contribution < 1.29 is 9.47 Å². The molecule has 0 aliphatic rings. The lowest BCUT2D eigenvalue weighted by molar-refractivity contribution is 0.310. The van der Waals surface area contributed by atoms with Crippen LogP contribution in [-0.2, 0) is 6.54 Å². The lowest BCUT2D eigenvalue weighted by atomic mass is 10.2. The van der Waals surface area contributed by atoms with E-state index in [1.165, 1.54) is 11.3 Å². The van der Waals surface area contributed by atoms with Crippen LogP contribution in [-0.4, -0.2) is 23.3 Å². The molecule has 0 bridgehead atoms. The number of thiophene rings is 1. The predicted molar refractivity (Wildman–Crippen MR) is 94.5 cm³/mol. The van der Waals surface area contributed by atoms with Crippen LogP contribution in [0.4, 0.5) is 0 Å². The third-order valence-electron chi connectivity index (χ3n) is 3.46. The van der Waals surface area contributed by atoms with E-state index in [4.69, 9.17) is 21.7 Å². The quantitative estimate of drug-likeness (QED) is 0.716. The third-order valence-corrected chi connectivity index (χ3v) is 4.68. The summed E-state index contributed by atoms with van der Waals surface area (Å²) in [4.78, 5) is 15.7. The van der Waals surface area contributed by atoms with Gasteiger partial charge in [0.1, 0.15) is 4.70 Å². The average molecular weight is 348 g/mol. The summed E-state index contributed by atoms with van der Waals surface area (Å²) in [5.74, 6) is 1.33. The van der Waals surface area contributed by atoms with Gasteiger partial charge in [0.25, 0.3) is 5.56 Å². The number of fused-ring (bicyclic) bond motifs is 1. The highest BCUT2D eigenvalue weighted by atomic mass is 32.1. The van der Waals surface area contributed by atoms with E-state index in [1.54, 1.807) is 11.7 Å². The smallest absolute Gasteiger partial charge is 0.272 e.